The number of fused-ring (bicyclic) bond motifs is 5. The van der Waals surface area contributed by atoms with E-state index >= 15 is 0 Å². The number of unbranched alkanes of at least 4 members (excludes halogenated alkanes) is 13. The number of carboxylic acids is 1. The van der Waals surface area contributed by atoms with Crippen molar-refractivity contribution in [3.8, 4) is 0 Å². The largest absolute Gasteiger partial charge is 1.00 e. The van der Waals surface area contributed by atoms with Crippen molar-refractivity contribution in [2.24, 2.45) is 46.3 Å². The standard InChI is InChI=1S/C24H40O2.C16H34O4S.2Na/c1-16(7-12-22(25)26)19-10-11-20-18-9-8-17-6-4-5-14-23(17,2)21(18)13-15-24(19,20)3;1-2-3-4-5-6-7-8-9-10-11-12-13-14-15-16-20-21(17,18)19;;/h16-21H,4-15H2,1-3H3,(H,25,26);2-16H2,1H3,(H,17,18,19);;/q;;2*+1/p-2/t16-,17?,18+,19-,20+,21+,23+,24-;;;/m1.../s1. The fourth-order valence-electron chi connectivity index (χ4n) is 11.3. The molecule has 276 valence electrons. The van der Waals surface area contributed by atoms with Crippen LogP contribution in [-0.4, -0.2) is 25.5 Å². The summed E-state index contributed by atoms with van der Waals surface area (Å²) in [5, 5.41) is 10.9. The van der Waals surface area contributed by atoms with Gasteiger partial charge in [-0.2, -0.15) is 0 Å². The number of hydrogen-bond donors (Lipinski definition) is 0. The molecule has 0 heterocycles. The Morgan fingerprint density at radius 2 is 1.29 bits per heavy atom. The minimum Gasteiger partial charge on any atom is -0.726 e. The second-order valence-corrected chi connectivity index (χ2v) is 17.9. The molecule has 4 rings (SSSR count). The zero-order valence-corrected chi connectivity index (χ0v) is 37.7. The molecule has 0 N–H and O–H groups in total. The second-order valence-electron chi connectivity index (χ2n) is 16.8. The summed E-state index contributed by atoms with van der Waals surface area (Å²) in [6, 6.07) is 0. The van der Waals surface area contributed by atoms with E-state index in [0.717, 1.165) is 48.9 Å². The van der Waals surface area contributed by atoms with E-state index in [2.05, 4.69) is 31.9 Å². The van der Waals surface area contributed by atoms with Gasteiger partial charge in [-0.1, -0.05) is 124 Å². The van der Waals surface area contributed by atoms with Gasteiger partial charge >= 0.3 is 59.1 Å². The Morgan fingerprint density at radius 1 is 0.735 bits per heavy atom. The zero-order valence-electron chi connectivity index (χ0n) is 32.9. The van der Waals surface area contributed by atoms with E-state index in [0.29, 0.717) is 23.2 Å². The number of aliphatic carboxylic acids is 1. The van der Waals surface area contributed by atoms with Crippen molar-refractivity contribution in [1.29, 1.82) is 0 Å². The Bertz CT molecular complexity index is 1010. The Kier molecular flexibility index (Phi) is 24.4. The molecule has 1 unspecified atom stereocenters. The van der Waals surface area contributed by atoms with Crippen molar-refractivity contribution in [2.45, 2.75) is 195 Å². The van der Waals surface area contributed by atoms with Gasteiger partial charge in [0, 0.05) is 5.97 Å². The summed E-state index contributed by atoms with van der Waals surface area (Å²) in [6.45, 7) is 9.83. The maximum atomic E-state index is 10.9. The first-order valence-corrected chi connectivity index (χ1v) is 21.6. The predicted molar refractivity (Wildman–Crippen MR) is 189 cm³/mol. The summed E-state index contributed by atoms with van der Waals surface area (Å²) in [7, 11) is -4.49. The first kappa shape index (κ1) is 48.4. The van der Waals surface area contributed by atoms with Crippen LogP contribution in [0.5, 0.6) is 0 Å². The number of hydrogen-bond acceptors (Lipinski definition) is 6. The van der Waals surface area contributed by atoms with Gasteiger partial charge in [0.2, 0.25) is 10.4 Å². The van der Waals surface area contributed by atoms with E-state index in [4.69, 9.17) is 0 Å². The SMILES string of the molecule is CCCCCCCCCCCCCCCCOS(=O)(=O)[O-].C[C@H](CCC(=O)[O-])[C@H]1CC[C@H]2[C@@H]3CCC4CCCC[C@]4(C)[C@H]3CC[C@]12C.[Na+].[Na+]. The molecule has 6 nitrogen and oxygen atoms in total. The molecule has 0 radical (unpaired) electrons. The molecule has 0 aromatic rings. The molecular weight excluding hydrogens is 654 g/mol. The first-order chi connectivity index (χ1) is 22.4. The molecule has 49 heavy (non-hydrogen) atoms. The molecule has 0 aromatic heterocycles. The van der Waals surface area contributed by atoms with E-state index in [1.807, 2.05) is 0 Å². The molecular formula is C40H72Na2O6S. The van der Waals surface area contributed by atoms with Crippen LogP contribution in [0.15, 0.2) is 0 Å². The van der Waals surface area contributed by atoms with Gasteiger partial charge in [0.1, 0.15) is 0 Å². The van der Waals surface area contributed by atoms with Crippen LogP contribution in [-0.2, 0) is 19.4 Å². The number of carbonyl (C=O) groups is 1. The quantitative estimate of drug-likeness (QED) is 0.0809. The summed E-state index contributed by atoms with van der Waals surface area (Å²) in [5.74, 6) is 4.20. The molecule has 8 atom stereocenters. The summed E-state index contributed by atoms with van der Waals surface area (Å²) in [5.41, 5.74) is 1.09. The number of carbonyl (C=O) groups excluding carboxylic acids is 1. The van der Waals surface area contributed by atoms with E-state index in [9.17, 15) is 22.9 Å². The van der Waals surface area contributed by atoms with Gasteiger partial charge in [-0.25, -0.2) is 8.42 Å². The van der Waals surface area contributed by atoms with Crippen molar-refractivity contribution in [1.82, 2.24) is 0 Å². The molecule has 4 aliphatic rings. The van der Waals surface area contributed by atoms with Gasteiger partial charge < -0.3 is 14.5 Å². The minimum atomic E-state index is -4.49. The van der Waals surface area contributed by atoms with Crippen LogP contribution in [0.25, 0.3) is 0 Å². The van der Waals surface area contributed by atoms with Gasteiger partial charge in [0.15, 0.2) is 0 Å². The molecule has 0 spiro atoms. The third kappa shape index (κ3) is 15.5. The summed E-state index contributed by atoms with van der Waals surface area (Å²) in [4.78, 5) is 10.9. The van der Waals surface area contributed by atoms with Crippen LogP contribution < -0.4 is 64.2 Å². The Labute approximate surface area is 347 Å². The van der Waals surface area contributed by atoms with Gasteiger partial charge in [-0.05, 0) is 117 Å². The van der Waals surface area contributed by atoms with Gasteiger partial charge in [0.25, 0.3) is 0 Å². The average molecular weight is 727 g/mol. The third-order valence-corrected chi connectivity index (χ3v) is 14.3. The van der Waals surface area contributed by atoms with Crippen molar-refractivity contribution in [3.63, 3.8) is 0 Å². The Morgan fingerprint density at radius 3 is 1.84 bits per heavy atom. The van der Waals surface area contributed by atoms with Crippen molar-refractivity contribution < 1.29 is 86.2 Å². The van der Waals surface area contributed by atoms with E-state index in [1.54, 1.807) is 0 Å². The minimum absolute atomic E-state index is 0. The monoisotopic (exact) mass is 726 g/mol. The topological polar surface area (TPSA) is 107 Å². The summed E-state index contributed by atoms with van der Waals surface area (Å²) < 4.78 is 34.7. The number of carboxylic acid groups (broad SMARTS) is 1. The van der Waals surface area contributed by atoms with Crippen molar-refractivity contribution in [3.05, 3.63) is 0 Å². The maximum absolute atomic E-state index is 10.9. The van der Waals surface area contributed by atoms with E-state index in [1.165, 1.54) is 135 Å². The average Bonchev–Trinajstić information content (AvgIpc) is 3.38. The fourth-order valence-corrected chi connectivity index (χ4v) is 11.6. The molecule has 4 aliphatic carbocycles. The molecule has 0 aliphatic heterocycles. The van der Waals surface area contributed by atoms with Gasteiger partial charge in [-0.15, -0.1) is 0 Å². The van der Waals surface area contributed by atoms with E-state index in [-0.39, 0.29) is 72.1 Å². The van der Waals surface area contributed by atoms with Crippen LogP contribution in [0.3, 0.4) is 0 Å². The van der Waals surface area contributed by atoms with Crippen LogP contribution in [0, 0.1) is 46.3 Å². The molecule has 0 bridgehead atoms. The van der Waals surface area contributed by atoms with Crippen LogP contribution in [0.1, 0.15) is 195 Å². The van der Waals surface area contributed by atoms with Crippen molar-refractivity contribution >= 4 is 16.4 Å². The molecule has 0 saturated heterocycles. The molecule has 0 aromatic carbocycles. The van der Waals surface area contributed by atoms with Crippen molar-refractivity contribution in [2.75, 3.05) is 6.61 Å². The second kappa shape index (κ2) is 24.7. The van der Waals surface area contributed by atoms with Crippen LogP contribution in [0.2, 0.25) is 0 Å². The van der Waals surface area contributed by atoms with Gasteiger partial charge in [-0.3, -0.25) is 4.18 Å². The Hall–Kier alpha value is 1.34. The van der Waals surface area contributed by atoms with Gasteiger partial charge in [0.05, 0.1) is 6.61 Å². The molecule has 0 amide bonds. The fraction of sp³-hybridized carbons (Fsp3) is 0.975. The normalized spacial score (nSPS) is 31.1. The summed E-state index contributed by atoms with van der Waals surface area (Å²) in [6.07, 6.45) is 32.9. The van der Waals surface area contributed by atoms with Crippen LogP contribution in [0.4, 0.5) is 0 Å². The number of rotatable bonds is 20. The van der Waals surface area contributed by atoms with Crippen LogP contribution >= 0.6 is 0 Å². The maximum Gasteiger partial charge on any atom is 1.00 e. The zero-order chi connectivity index (χ0) is 34.3. The molecule has 4 saturated carbocycles. The molecule has 9 heteroatoms. The first-order valence-electron chi connectivity index (χ1n) is 20.2. The van der Waals surface area contributed by atoms with E-state index < -0.39 is 16.4 Å². The predicted octanol–water partition coefficient (Wildman–Crippen LogP) is 4.15. The molecule has 4 fully saturated rings. The third-order valence-electron chi connectivity index (χ3n) is 13.9. The summed E-state index contributed by atoms with van der Waals surface area (Å²) >= 11 is 0. The Balaban J connectivity index is 0.000000484. The smallest absolute Gasteiger partial charge is 0.726 e.